The van der Waals surface area contributed by atoms with Crippen molar-refractivity contribution in [3.05, 3.63) is 30.1 Å². The maximum absolute atomic E-state index is 5.79. The van der Waals surface area contributed by atoms with Crippen LogP contribution in [0.1, 0.15) is 19.5 Å². The summed E-state index contributed by atoms with van der Waals surface area (Å²) in [6.07, 6.45) is 3.13. The Labute approximate surface area is 119 Å². The summed E-state index contributed by atoms with van der Waals surface area (Å²) in [5.41, 5.74) is 7.97. The maximum atomic E-state index is 5.79. The molecule has 1 saturated heterocycles. The zero-order valence-corrected chi connectivity index (χ0v) is 12.1. The van der Waals surface area contributed by atoms with Gasteiger partial charge < -0.3 is 19.8 Å². The SMILES string of the molecule is CC1CN(c2nc3ccccn3c2CCN)C(C)CO1. The first-order chi connectivity index (χ1) is 9.70. The molecule has 0 aromatic carbocycles. The van der Waals surface area contributed by atoms with Gasteiger partial charge in [0.2, 0.25) is 0 Å². The molecule has 5 nitrogen and oxygen atoms in total. The third kappa shape index (κ3) is 2.27. The number of nitrogens with zero attached hydrogens (tertiary/aromatic N) is 3. The first-order valence-electron chi connectivity index (χ1n) is 7.25. The van der Waals surface area contributed by atoms with E-state index in [4.69, 9.17) is 15.5 Å². The number of ether oxygens (including phenoxy) is 1. The molecule has 0 saturated carbocycles. The van der Waals surface area contributed by atoms with E-state index in [9.17, 15) is 0 Å². The molecule has 0 radical (unpaired) electrons. The second-order valence-electron chi connectivity index (χ2n) is 5.49. The zero-order valence-electron chi connectivity index (χ0n) is 12.1. The number of pyridine rings is 1. The monoisotopic (exact) mass is 274 g/mol. The van der Waals surface area contributed by atoms with Gasteiger partial charge in [0.25, 0.3) is 0 Å². The molecule has 0 bridgehead atoms. The number of hydrogen-bond donors (Lipinski definition) is 1. The van der Waals surface area contributed by atoms with Crippen LogP contribution in [-0.2, 0) is 11.2 Å². The van der Waals surface area contributed by atoms with Crippen molar-refractivity contribution >= 4 is 11.5 Å². The Balaban J connectivity index is 2.07. The predicted octanol–water partition coefficient (Wildman–Crippen LogP) is 1.45. The molecule has 2 aromatic heterocycles. The Kier molecular flexibility index (Phi) is 3.63. The third-order valence-corrected chi connectivity index (χ3v) is 3.87. The Bertz CT molecular complexity index is 595. The van der Waals surface area contributed by atoms with Gasteiger partial charge in [0.15, 0.2) is 5.82 Å². The predicted molar refractivity (Wildman–Crippen MR) is 80.2 cm³/mol. The molecule has 1 fully saturated rings. The number of nitrogens with two attached hydrogens (primary N) is 1. The van der Waals surface area contributed by atoms with Crippen molar-refractivity contribution in [3.8, 4) is 0 Å². The van der Waals surface area contributed by atoms with Crippen molar-refractivity contribution in [1.29, 1.82) is 0 Å². The van der Waals surface area contributed by atoms with Crippen LogP contribution in [0.4, 0.5) is 5.82 Å². The normalized spacial score (nSPS) is 23.4. The smallest absolute Gasteiger partial charge is 0.151 e. The van der Waals surface area contributed by atoms with Crippen LogP contribution in [0, 0.1) is 0 Å². The third-order valence-electron chi connectivity index (χ3n) is 3.87. The molecule has 1 aliphatic heterocycles. The van der Waals surface area contributed by atoms with Crippen LogP contribution >= 0.6 is 0 Å². The molecule has 5 heteroatoms. The first kappa shape index (κ1) is 13.4. The van der Waals surface area contributed by atoms with Crippen LogP contribution in [0.2, 0.25) is 0 Å². The number of morpholine rings is 1. The Hall–Kier alpha value is -1.59. The fourth-order valence-electron chi connectivity index (χ4n) is 2.83. The van der Waals surface area contributed by atoms with Crippen LogP contribution in [0.25, 0.3) is 5.65 Å². The van der Waals surface area contributed by atoms with Crippen molar-refractivity contribution in [2.24, 2.45) is 5.73 Å². The summed E-state index contributed by atoms with van der Waals surface area (Å²) in [5, 5.41) is 0. The van der Waals surface area contributed by atoms with Crippen LogP contribution < -0.4 is 10.6 Å². The summed E-state index contributed by atoms with van der Waals surface area (Å²) in [6.45, 7) is 6.54. The van der Waals surface area contributed by atoms with Gasteiger partial charge in [-0.15, -0.1) is 0 Å². The molecule has 3 heterocycles. The first-order valence-corrected chi connectivity index (χ1v) is 7.25. The molecular formula is C15H22N4O. The van der Waals surface area contributed by atoms with E-state index in [1.165, 1.54) is 5.69 Å². The van der Waals surface area contributed by atoms with E-state index < -0.39 is 0 Å². The van der Waals surface area contributed by atoms with Gasteiger partial charge in [-0.05, 0) is 32.5 Å². The van der Waals surface area contributed by atoms with Gasteiger partial charge in [0, 0.05) is 19.2 Å². The van der Waals surface area contributed by atoms with Crippen molar-refractivity contribution in [1.82, 2.24) is 9.38 Å². The molecule has 1 aliphatic rings. The summed E-state index contributed by atoms with van der Waals surface area (Å²) < 4.78 is 7.86. The Morgan fingerprint density at radius 1 is 1.40 bits per heavy atom. The fourth-order valence-corrected chi connectivity index (χ4v) is 2.83. The van der Waals surface area contributed by atoms with E-state index in [0.29, 0.717) is 12.6 Å². The van der Waals surface area contributed by atoms with Crippen molar-refractivity contribution in [3.63, 3.8) is 0 Å². The lowest BCUT2D eigenvalue weighted by molar-refractivity contribution is 0.0340. The van der Waals surface area contributed by atoms with Gasteiger partial charge in [-0.3, -0.25) is 0 Å². The van der Waals surface area contributed by atoms with E-state index in [1.807, 2.05) is 18.2 Å². The average Bonchev–Trinajstić information content (AvgIpc) is 2.81. The van der Waals surface area contributed by atoms with Crippen LogP contribution in [0.3, 0.4) is 0 Å². The highest BCUT2D eigenvalue weighted by atomic mass is 16.5. The van der Waals surface area contributed by atoms with Crippen molar-refractivity contribution in [2.45, 2.75) is 32.4 Å². The molecular weight excluding hydrogens is 252 g/mol. The standard InChI is InChI=1S/C15H22N4O/c1-11-10-20-12(2)9-19(11)15-13(6-7-16)18-8-4-3-5-14(18)17-15/h3-5,8,11-12H,6-7,9-10,16H2,1-2H3. The van der Waals surface area contributed by atoms with Gasteiger partial charge in [0.1, 0.15) is 5.65 Å². The van der Waals surface area contributed by atoms with Gasteiger partial charge in [0.05, 0.1) is 24.4 Å². The summed E-state index contributed by atoms with van der Waals surface area (Å²) in [7, 11) is 0. The molecule has 20 heavy (non-hydrogen) atoms. The lowest BCUT2D eigenvalue weighted by atomic mass is 10.2. The van der Waals surface area contributed by atoms with Gasteiger partial charge in [-0.1, -0.05) is 6.07 Å². The summed E-state index contributed by atoms with van der Waals surface area (Å²) in [5.74, 6) is 1.06. The van der Waals surface area contributed by atoms with Crippen molar-refractivity contribution in [2.75, 3.05) is 24.6 Å². The molecule has 0 amide bonds. The van der Waals surface area contributed by atoms with Crippen LogP contribution in [-0.4, -0.2) is 41.2 Å². The van der Waals surface area contributed by atoms with Gasteiger partial charge in [-0.25, -0.2) is 4.98 Å². The molecule has 2 unspecified atom stereocenters. The number of aromatic nitrogens is 2. The molecule has 2 N–H and O–H groups in total. The quantitative estimate of drug-likeness (QED) is 0.920. The lowest BCUT2D eigenvalue weighted by Gasteiger charge is -2.37. The topological polar surface area (TPSA) is 55.8 Å². The highest BCUT2D eigenvalue weighted by Crippen LogP contribution is 2.26. The van der Waals surface area contributed by atoms with E-state index in [-0.39, 0.29) is 6.10 Å². The fraction of sp³-hybridized carbons (Fsp3) is 0.533. The molecule has 3 rings (SSSR count). The summed E-state index contributed by atoms with van der Waals surface area (Å²) in [4.78, 5) is 7.17. The van der Waals surface area contributed by atoms with E-state index in [2.05, 4.69) is 29.3 Å². The minimum Gasteiger partial charge on any atom is -0.375 e. The highest BCUT2D eigenvalue weighted by molar-refractivity contribution is 5.57. The molecule has 0 spiro atoms. The largest absolute Gasteiger partial charge is 0.375 e. The Morgan fingerprint density at radius 3 is 3.05 bits per heavy atom. The summed E-state index contributed by atoms with van der Waals surface area (Å²) >= 11 is 0. The number of imidazole rings is 1. The van der Waals surface area contributed by atoms with Gasteiger partial charge >= 0.3 is 0 Å². The van der Waals surface area contributed by atoms with E-state index >= 15 is 0 Å². The number of fused-ring (bicyclic) bond motifs is 1. The Morgan fingerprint density at radius 2 is 2.25 bits per heavy atom. The zero-order chi connectivity index (χ0) is 14.1. The average molecular weight is 274 g/mol. The minimum atomic E-state index is 0.238. The lowest BCUT2D eigenvalue weighted by Crippen LogP contribution is -2.48. The molecule has 2 aromatic rings. The van der Waals surface area contributed by atoms with E-state index in [0.717, 1.165) is 31.0 Å². The van der Waals surface area contributed by atoms with Crippen LogP contribution in [0.15, 0.2) is 24.4 Å². The highest BCUT2D eigenvalue weighted by Gasteiger charge is 2.27. The second kappa shape index (κ2) is 5.42. The molecule has 2 atom stereocenters. The molecule has 108 valence electrons. The second-order valence-corrected chi connectivity index (χ2v) is 5.49. The minimum absolute atomic E-state index is 0.238. The van der Waals surface area contributed by atoms with Gasteiger partial charge in [-0.2, -0.15) is 0 Å². The number of hydrogen-bond acceptors (Lipinski definition) is 4. The number of anilines is 1. The van der Waals surface area contributed by atoms with Crippen LogP contribution in [0.5, 0.6) is 0 Å². The van der Waals surface area contributed by atoms with E-state index in [1.54, 1.807) is 0 Å². The summed E-state index contributed by atoms with van der Waals surface area (Å²) in [6, 6.07) is 6.43. The molecule has 0 aliphatic carbocycles. The van der Waals surface area contributed by atoms with Crippen molar-refractivity contribution < 1.29 is 4.74 Å². The number of rotatable bonds is 3. The maximum Gasteiger partial charge on any atom is 0.151 e.